The molecule has 0 radical (unpaired) electrons. The zero-order valence-corrected chi connectivity index (χ0v) is 11.7. The second-order valence-corrected chi connectivity index (χ2v) is 6.05. The number of halogens is 1. The van der Waals surface area contributed by atoms with Crippen molar-refractivity contribution < 1.29 is 12.8 Å². The van der Waals surface area contributed by atoms with Crippen molar-refractivity contribution in [2.45, 2.75) is 11.3 Å². The molecule has 2 aromatic rings. The van der Waals surface area contributed by atoms with Gasteiger partial charge in [-0.3, -0.25) is 4.68 Å². The van der Waals surface area contributed by atoms with Gasteiger partial charge in [-0.25, -0.2) is 17.5 Å². The number of benzene rings is 1. The van der Waals surface area contributed by atoms with Crippen LogP contribution in [-0.4, -0.2) is 24.7 Å². The van der Waals surface area contributed by atoms with E-state index >= 15 is 0 Å². The van der Waals surface area contributed by atoms with Gasteiger partial charge in [-0.1, -0.05) is 0 Å². The Morgan fingerprint density at radius 3 is 2.75 bits per heavy atom. The van der Waals surface area contributed by atoms with Gasteiger partial charge in [0.2, 0.25) is 10.0 Å². The molecule has 3 N–H and O–H groups in total. The molecule has 0 amide bonds. The van der Waals surface area contributed by atoms with E-state index in [-0.39, 0.29) is 17.1 Å². The standard InChI is InChI=1S/C12H15FN4O2S/c1-17-7-5-10(16-17)4-6-15-20(18,19)12-3-2-9(13)8-11(12)14/h2-3,5,7-8,15H,4,6,14H2,1H3. The van der Waals surface area contributed by atoms with Crippen molar-refractivity contribution in [3.05, 3.63) is 42.0 Å². The molecule has 108 valence electrons. The van der Waals surface area contributed by atoms with Crippen LogP contribution in [0, 0.1) is 5.82 Å². The summed E-state index contributed by atoms with van der Waals surface area (Å²) in [6.07, 6.45) is 2.24. The highest BCUT2D eigenvalue weighted by Crippen LogP contribution is 2.18. The van der Waals surface area contributed by atoms with E-state index in [0.29, 0.717) is 6.42 Å². The first kappa shape index (κ1) is 14.5. The maximum Gasteiger partial charge on any atom is 0.242 e. The van der Waals surface area contributed by atoms with Gasteiger partial charge in [-0.2, -0.15) is 5.10 Å². The van der Waals surface area contributed by atoms with Crippen molar-refractivity contribution in [2.75, 3.05) is 12.3 Å². The van der Waals surface area contributed by atoms with E-state index in [1.165, 1.54) is 0 Å². The van der Waals surface area contributed by atoms with E-state index in [4.69, 9.17) is 5.73 Å². The minimum Gasteiger partial charge on any atom is -0.398 e. The topological polar surface area (TPSA) is 90.0 Å². The van der Waals surface area contributed by atoms with E-state index in [1.54, 1.807) is 24.0 Å². The molecule has 0 unspecified atom stereocenters. The lowest BCUT2D eigenvalue weighted by Crippen LogP contribution is -2.26. The number of hydrogen-bond donors (Lipinski definition) is 2. The minimum absolute atomic E-state index is 0.115. The van der Waals surface area contributed by atoms with E-state index in [2.05, 4.69) is 9.82 Å². The summed E-state index contributed by atoms with van der Waals surface area (Å²) in [7, 11) is -1.96. The van der Waals surface area contributed by atoms with Crippen molar-refractivity contribution in [1.29, 1.82) is 0 Å². The largest absolute Gasteiger partial charge is 0.398 e. The third kappa shape index (κ3) is 3.34. The fourth-order valence-corrected chi connectivity index (χ4v) is 2.89. The summed E-state index contributed by atoms with van der Waals surface area (Å²) in [5.41, 5.74) is 6.18. The molecule has 0 aliphatic rings. The number of sulfonamides is 1. The highest BCUT2D eigenvalue weighted by molar-refractivity contribution is 7.89. The fraction of sp³-hybridized carbons (Fsp3) is 0.250. The Morgan fingerprint density at radius 2 is 2.15 bits per heavy atom. The van der Waals surface area contributed by atoms with Crippen LogP contribution in [0.2, 0.25) is 0 Å². The highest BCUT2D eigenvalue weighted by Gasteiger charge is 2.17. The average molecular weight is 298 g/mol. The number of nitrogen functional groups attached to an aromatic ring is 1. The summed E-state index contributed by atoms with van der Waals surface area (Å²) < 4.78 is 41.0. The predicted molar refractivity (Wildman–Crippen MR) is 72.9 cm³/mol. The maximum atomic E-state index is 12.9. The molecule has 0 spiro atoms. The maximum absolute atomic E-state index is 12.9. The minimum atomic E-state index is -3.75. The van der Waals surface area contributed by atoms with Crippen molar-refractivity contribution in [3.63, 3.8) is 0 Å². The number of rotatable bonds is 5. The predicted octanol–water partition coefficient (Wildman–Crippen LogP) is 0.662. The third-order valence-corrected chi connectivity index (χ3v) is 4.24. The Labute approximate surface area is 116 Å². The Balaban J connectivity index is 2.04. The number of nitrogens with zero attached hydrogens (tertiary/aromatic N) is 2. The van der Waals surface area contributed by atoms with Gasteiger partial charge < -0.3 is 5.73 Å². The fourth-order valence-electron chi connectivity index (χ4n) is 1.75. The Hall–Kier alpha value is -1.93. The number of anilines is 1. The number of aryl methyl sites for hydroxylation is 1. The molecule has 0 atom stereocenters. The number of aromatic nitrogens is 2. The molecule has 1 heterocycles. The second kappa shape index (κ2) is 5.59. The van der Waals surface area contributed by atoms with Crippen LogP contribution in [0.4, 0.5) is 10.1 Å². The van der Waals surface area contributed by atoms with Crippen LogP contribution in [0.25, 0.3) is 0 Å². The molecule has 0 aliphatic heterocycles. The van der Waals surface area contributed by atoms with Gasteiger partial charge in [0.1, 0.15) is 10.7 Å². The molecule has 20 heavy (non-hydrogen) atoms. The van der Waals surface area contributed by atoms with E-state index in [0.717, 1.165) is 23.9 Å². The monoisotopic (exact) mass is 298 g/mol. The quantitative estimate of drug-likeness (QED) is 0.794. The van der Waals surface area contributed by atoms with Gasteiger partial charge in [-0.05, 0) is 24.3 Å². The van der Waals surface area contributed by atoms with Crippen molar-refractivity contribution in [2.24, 2.45) is 7.05 Å². The molecule has 1 aromatic heterocycles. The third-order valence-electron chi connectivity index (χ3n) is 2.70. The Kier molecular flexibility index (Phi) is 4.05. The first-order chi connectivity index (χ1) is 9.38. The zero-order valence-electron chi connectivity index (χ0n) is 10.9. The van der Waals surface area contributed by atoms with E-state index in [9.17, 15) is 12.8 Å². The van der Waals surface area contributed by atoms with Gasteiger partial charge in [0.05, 0.1) is 11.4 Å². The summed E-state index contributed by atoms with van der Waals surface area (Å²) in [6.45, 7) is 0.191. The second-order valence-electron chi connectivity index (χ2n) is 4.31. The first-order valence-corrected chi connectivity index (χ1v) is 7.40. The smallest absolute Gasteiger partial charge is 0.242 e. The molecule has 0 aliphatic carbocycles. The van der Waals surface area contributed by atoms with Gasteiger partial charge in [0.25, 0.3) is 0 Å². The lowest BCUT2D eigenvalue weighted by atomic mass is 10.3. The Bertz CT molecular complexity index is 712. The number of nitrogens with one attached hydrogen (secondary N) is 1. The van der Waals surface area contributed by atoms with Gasteiger partial charge in [0, 0.05) is 26.2 Å². The molecule has 6 nitrogen and oxygen atoms in total. The summed E-state index contributed by atoms with van der Waals surface area (Å²) >= 11 is 0. The molecular weight excluding hydrogens is 283 g/mol. The molecule has 0 saturated carbocycles. The zero-order chi connectivity index (χ0) is 14.8. The summed E-state index contributed by atoms with van der Waals surface area (Å²) in [5.74, 6) is -0.574. The highest BCUT2D eigenvalue weighted by atomic mass is 32.2. The molecular formula is C12H15FN4O2S. The summed E-state index contributed by atoms with van der Waals surface area (Å²) in [4.78, 5) is -0.125. The van der Waals surface area contributed by atoms with Gasteiger partial charge in [-0.15, -0.1) is 0 Å². The van der Waals surface area contributed by atoms with Crippen LogP contribution in [0.5, 0.6) is 0 Å². The van der Waals surface area contributed by atoms with Crippen molar-refractivity contribution >= 4 is 15.7 Å². The van der Waals surface area contributed by atoms with Gasteiger partial charge >= 0.3 is 0 Å². The van der Waals surface area contributed by atoms with Crippen LogP contribution in [0.3, 0.4) is 0 Å². The summed E-state index contributed by atoms with van der Waals surface area (Å²) in [6, 6.07) is 4.99. The van der Waals surface area contributed by atoms with Crippen LogP contribution >= 0.6 is 0 Å². The number of hydrogen-bond acceptors (Lipinski definition) is 4. The van der Waals surface area contributed by atoms with Crippen molar-refractivity contribution in [1.82, 2.24) is 14.5 Å². The van der Waals surface area contributed by atoms with Crippen LogP contribution in [0.1, 0.15) is 5.69 Å². The van der Waals surface area contributed by atoms with Crippen LogP contribution < -0.4 is 10.5 Å². The molecule has 2 rings (SSSR count). The van der Waals surface area contributed by atoms with Gasteiger partial charge in [0.15, 0.2) is 0 Å². The normalized spacial score (nSPS) is 11.7. The van der Waals surface area contributed by atoms with Crippen LogP contribution in [0.15, 0.2) is 35.4 Å². The van der Waals surface area contributed by atoms with Crippen molar-refractivity contribution in [3.8, 4) is 0 Å². The van der Waals surface area contributed by atoms with E-state index < -0.39 is 15.8 Å². The molecule has 0 fully saturated rings. The summed E-state index contributed by atoms with van der Waals surface area (Å²) in [5, 5.41) is 4.14. The molecule has 1 aromatic carbocycles. The molecule has 8 heteroatoms. The molecule has 0 saturated heterocycles. The lowest BCUT2D eigenvalue weighted by molar-refractivity contribution is 0.580. The SMILES string of the molecule is Cn1ccc(CCNS(=O)(=O)c2ccc(F)cc2N)n1. The number of nitrogens with two attached hydrogens (primary N) is 1. The average Bonchev–Trinajstić information content (AvgIpc) is 2.74. The van der Waals surface area contributed by atoms with E-state index in [1.807, 2.05) is 0 Å². The lowest BCUT2D eigenvalue weighted by Gasteiger charge is -2.08. The Morgan fingerprint density at radius 1 is 1.40 bits per heavy atom. The van der Waals surface area contributed by atoms with Crippen LogP contribution in [-0.2, 0) is 23.5 Å². The first-order valence-electron chi connectivity index (χ1n) is 5.92. The molecule has 0 bridgehead atoms.